The van der Waals surface area contributed by atoms with Gasteiger partial charge in [0, 0.05) is 27.1 Å². The number of thioether (sulfide) groups is 1. The SMILES string of the molecule is N#Cc1c(-c2ccccc2)csc1NC(=O)C(Sc1cccc(NC(=O)/C(=C/c2ccccc2)NC(=O)c2ccccc2)c1)c1ccccc1. The Morgan fingerprint density at radius 3 is 2.06 bits per heavy atom. The minimum absolute atomic E-state index is 0.0729. The van der Waals surface area contributed by atoms with Crippen molar-refractivity contribution in [3.05, 3.63) is 179 Å². The molecule has 0 aliphatic heterocycles. The van der Waals surface area contributed by atoms with Crippen molar-refractivity contribution < 1.29 is 14.4 Å². The Kier molecular flexibility index (Phi) is 11.0. The molecule has 1 unspecified atom stereocenters. The monoisotopic (exact) mass is 690 g/mol. The molecule has 0 radical (unpaired) electrons. The number of nitrogens with one attached hydrogen (secondary N) is 3. The van der Waals surface area contributed by atoms with Crippen LogP contribution >= 0.6 is 23.1 Å². The third kappa shape index (κ3) is 8.44. The number of anilines is 2. The molecule has 1 atom stereocenters. The minimum atomic E-state index is -0.672. The fourth-order valence-corrected chi connectivity index (χ4v) is 7.12. The molecule has 6 rings (SSSR count). The molecule has 5 aromatic carbocycles. The maximum absolute atomic E-state index is 13.9. The summed E-state index contributed by atoms with van der Waals surface area (Å²) in [6.07, 6.45) is 1.62. The smallest absolute Gasteiger partial charge is 0.272 e. The van der Waals surface area contributed by atoms with Crippen LogP contribution in [0.15, 0.2) is 162 Å². The number of nitriles is 1. The molecule has 0 fully saturated rings. The number of hydrogen-bond acceptors (Lipinski definition) is 6. The molecule has 0 bridgehead atoms. The summed E-state index contributed by atoms with van der Waals surface area (Å²) < 4.78 is 0. The first-order valence-corrected chi connectivity index (χ1v) is 17.4. The van der Waals surface area contributed by atoms with Crippen molar-refractivity contribution in [2.45, 2.75) is 10.1 Å². The van der Waals surface area contributed by atoms with E-state index < -0.39 is 17.1 Å². The van der Waals surface area contributed by atoms with Gasteiger partial charge in [-0.15, -0.1) is 23.1 Å². The number of amides is 3. The van der Waals surface area contributed by atoms with Gasteiger partial charge in [0.25, 0.3) is 11.8 Å². The summed E-state index contributed by atoms with van der Waals surface area (Å²) in [5.74, 6) is -1.20. The highest BCUT2D eigenvalue weighted by molar-refractivity contribution is 8.00. The van der Waals surface area contributed by atoms with Gasteiger partial charge in [0.15, 0.2) is 0 Å². The summed E-state index contributed by atoms with van der Waals surface area (Å²) in [5.41, 5.74) is 4.57. The predicted octanol–water partition coefficient (Wildman–Crippen LogP) is 9.17. The first-order chi connectivity index (χ1) is 24.5. The van der Waals surface area contributed by atoms with Crippen molar-refractivity contribution in [2.75, 3.05) is 10.6 Å². The number of hydrogen-bond donors (Lipinski definition) is 3. The minimum Gasteiger partial charge on any atom is -0.321 e. The summed E-state index contributed by atoms with van der Waals surface area (Å²) in [6, 6.07) is 46.4. The van der Waals surface area contributed by atoms with E-state index in [2.05, 4.69) is 22.0 Å². The van der Waals surface area contributed by atoms with E-state index in [1.807, 2.05) is 109 Å². The predicted molar refractivity (Wildman–Crippen MR) is 202 cm³/mol. The third-order valence-corrected chi connectivity index (χ3v) is 9.69. The van der Waals surface area contributed by atoms with Crippen molar-refractivity contribution in [1.29, 1.82) is 5.26 Å². The van der Waals surface area contributed by atoms with E-state index in [0.717, 1.165) is 27.1 Å². The van der Waals surface area contributed by atoms with E-state index in [0.29, 0.717) is 21.8 Å². The fraction of sp³-hybridized carbons (Fsp3) is 0.0244. The summed E-state index contributed by atoms with van der Waals surface area (Å²) in [5, 5.41) is 20.4. The van der Waals surface area contributed by atoms with Crippen LogP contribution < -0.4 is 16.0 Å². The fourth-order valence-electron chi connectivity index (χ4n) is 5.11. The van der Waals surface area contributed by atoms with Gasteiger partial charge in [0.2, 0.25) is 5.91 Å². The lowest BCUT2D eigenvalue weighted by atomic mass is 10.1. The van der Waals surface area contributed by atoms with Crippen molar-refractivity contribution in [3.63, 3.8) is 0 Å². The second kappa shape index (κ2) is 16.3. The quantitative estimate of drug-likeness (QED) is 0.0928. The van der Waals surface area contributed by atoms with Crippen LogP contribution in [-0.4, -0.2) is 17.7 Å². The van der Waals surface area contributed by atoms with Crippen LogP contribution in [0.5, 0.6) is 0 Å². The second-order valence-corrected chi connectivity index (χ2v) is 13.1. The number of rotatable bonds is 11. The van der Waals surface area contributed by atoms with E-state index in [1.165, 1.54) is 23.1 Å². The van der Waals surface area contributed by atoms with E-state index in [1.54, 1.807) is 48.5 Å². The topological polar surface area (TPSA) is 111 Å². The van der Waals surface area contributed by atoms with Crippen molar-refractivity contribution in [2.24, 2.45) is 0 Å². The maximum Gasteiger partial charge on any atom is 0.272 e. The zero-order valence-electron chi connectivity index (χ0n) is 26.6. The zero-order chi connectivity index (χ0) is 34.7. The van der Waals surface area contributed by atoms with E-state index in [-0.39, 0.29) is 11.6 Å². The largest absolute Gasteiger partial charge is 0.321 e. The highest BCUT2D eigenvalue weighted by Crippen LogP contribution is 2.40. The first-order valence-electron chi connectivity index (χ1n) is 15.6. The molecule has 0 aliphatic rings. The van der Waals surface area contributed by atoms with Crippen molar-refractivity contribution in [1.82, 2.24) is 5.32 Å². The van der Waals surface area contributed by atoms with Gasteiger partial charge in [-0.05, 0) is 53.1 Å². The third-order valence-electron chi connectivity index (χ3n) is 7.55. The number of benzene rings is 5. The summed E-state index contributed by atoms with van der Waals surface area (Å²) >= 11 is 2.63. The van der Waals surface area contributed by atoms with Crippen LogP contribution in [0.25, 0.3) is 17.2 Å². The maximum atomic E-state index is 13.9. The summed E-state index contributed by atoms with van der Waals surface area (Å²) in [7, 11) is 0. The summed E-state index contributed by atoms with van der Waals surface area (Å²) in [6.45, 7) is 0. The van der Waals surface area contributed by atoms with Gasteiger partial charge in [-0.1, -0.05) is 115 Å². The number of thiophene rings is 1. The molecule has 0 spiro atoms. The average Bonchev–Trinajstić information content (AvgIpc) is 3.57. The average molecular weight is 691 g/mol. The number of carbonyl (C=O) groups is 3. The van der Waals surface area contributed by atoms with Crippen molar-refractivity contribution >= 4 is 57.6 Å². The van der Waals surface area contributed by atoms with Crippen LogP contribution in [0.2, 0.25) is 0 Å². The Balaban J connectivity index is 1.23. The Morgan fingerprint density at radius 1 is 0.740 bits per heavy atom. The molecule has 7 nitrogen and oxygen atoms in total. The van der Waals surface area contributed by atoms with Gasteiger partial charge >= 0.3 is 0 Å². The highest BCUT2D eigenvalue weighted by atomic mass is 32.2. The Morgan fingerprint density at radius 2 is 1.38 bits per heavy atom. The van der Waals surface area contributed by atoms with Gasteiger partial charge in [0.05, 0.1) is 5.56 Å². The summed E-state index contributed by atoms with van der Waals surface area (Å²) in [4.78, 5) is 41.3. The lowest BCUT2D eigenvalue weighted by Crippen LogP contribution is -2.30. The van der Waals surface area contributed by atoms with Crippen LogP contribution in [0.1, 0.15) is 32.3 Å². The molecule has 1 heterocycles. The molecule has 6 aromatic rings. The Bertz CT molecular complexity index is 2180. The molecule has 0 saturated heterocycles. The first kappa shape index (κ1) is 33.7. The number of nitrogens with zero attached hydrogens (tertiary/aromatic N) is 1. The zero-order valence-corrected chi connectivity index (χ0v) is 28.2. The highest BCUT2D eigenvalue weighted by Gasteiger charge is 2.25. The van der Waals surface area contributed by atoms with E-state index in [9.17, 15) is 19.6 Å². The molecule has 3 N–H and O–H groups in total. The molecular formula is C41H30N4O3S2. The standard InChI is InChI=1S/C41H30N4O3S2/c42-26-34-35(29-16-7-2-8-17-29)27-49-41(34)45-40(48)37(30-18-9-3-10-19-30)50-33-23-13-22-32(25-33)43-39(47)36(24-28-14-5-1-6-15-28)44-38(46)31-20-11-4-12-21-31/h1-25,27,37H,(H,43,47)(H,44,46)(H,45,48)/b36-24-. The lowest BCUT2D eigenvalue weighted by Gasteiger charge is -2.17. The van der Waals surface area contributed by atoms with Gasteiger partial charge < -0.3 is 16.0 Å². The lowest BCUT2D eigenvalue weighted by molar-refractivity contribution is -0.116. The normalized spacial score (nSPS) is 11.5. The van der Waals surface area contributed by atoms with Crippen LogP contribution in [0.3, 0.4) is 0 Å². The molecule has 0 saturated carbocycles. The van der Waals surface area contributed by atoms with E-state index >= 15 is 0 Å². The molecule has 50 heavy (non-hydrogen) atoms. The van der Waals surface area contributed by atoms with Crippen molar-refractivity contribution in [3.8, 4) is 17.2 Å². The molecule has 0 aliphatic carbocycles. The molecule has 244 valence electrons. The van der Waals surface area contributed by atoms with Gasteiger partial charge in [-0.2, -0.15) is 5.26 Å². The Hall–Kier alpha value is -6.21. The van der Waals surface area contributed by atoms with Gasteiger partial charge in [-0.25, -0.2) is 0 Å². The van der Waals surface area contributed by atoms with Gasteiger partial charge in [-0.3, -0.25) is 14.4 Å². The number of carbonyl (C=O) groups excluding carboxylic acids is 3. The molecule has 9 heteroatoms. The Labute approximate surface area is 298 Å². The van der Waals surface area contributed by atoms with E-state index in [4.69, 9.17) is 0 Å². The molecule has 1 aromatic heterocycles. The second-order valence-electron chi connectivity index (χ2n) is 11.0. The van der Waals surface area contributed by atoms with Crippen LogP contribution in [0, 0.1) is 11.3 Å². The van der Waals surface area contributed by atoms with Gasteiger partial charge in [0.1, 0.15) is 22.0 Å². The molecule has 3 amide bonds. The van der Waals surface area contributed by atoms with Crippen LogP contribution in [-0.2, 0) is 9.59 Å². The van der Waals surface area contributed by atoms with Crippen LogP contribution in [0.4, 0.5) is 10.7 Å². The molecular weight excluding hydrogens is 661 g/mol.